The van der Waals surface area contributed by atoms with E-state index in [1.165, 1.54) is 5.56 Å². The fraction of sp³-hybridized carbons (Fsp3) is 0.286. The minimum Gasteiger partial charge on any atom is -0.493 e. The SMILES string of the molecule is COc1ccnc(CNCc2ccncc2)c1OC. The minimum absolute atomic E-state index is 0.614. The molecule has 0 bridgehead atoms. The summed E-state index contributed by atoms with van der Waals surface area (Å²) < 4.78 is 10.6. The quantitative estimate of drug-likeness (QED) is 0.857. The highest BCUT2D eigenvalue weighted by molar-refractivity contribution is 5.42. The predicted octanol–water partition coefficient (Wildman–Crippen LogP) is 1.78. The second kappa shape index (κ2) is 6.70. The van der Waals surface area contributed by atoms with Crippen molar-refractivity contribution in [2.45, 2.75) is 13.1 Å². The molecule has 2 heterocycles. The predicted molar refractivity (Wildman–Crippen MR) is 72.1 cm³/mol. The van der Waals surface area contributed by atoms with E-state index in [-0.39, 0.29) is 0 Å². The molecular formula is C14H17N3O2. The van der Waals surface area contributed by atoms with Gasteiger partial charge >= 0.3 is 0 Å². The van der Waals surface area contributed by atoms with Crippen LogP contribution in [0.3, 0.4) is 0 Å². The molecule has 0 fully saturated rings. The molecular weight excluding hydrogens is 242 g/mol. The molecule has 0 aliphatic carbocycles. The fourth-order valence-corrected chi connectivity index (χ4v) is 1.80. The second-order valence-corrected chi connectivity index (χ2v) is 3.95. The van der Waals surface area contributed by atoms with Gasteiger partial charge in [-0.3, -0.25) is 9.97 Å². The molecule has 0 saturated heterocycles. The van der Waals surface area contributed by atoms with Gasteiger partial charge in [-0.1, -0.05) is 0 Å². The second-order valence-electron chi connectivity index (χ2n) is 3.95. The van der Waals surface area contributed by atoms with E-state index in [1.54, 1.807) is 38.9 Å². The first-order valence-corrected chi connectivity index (χ1v) is 6.00. The number of aromatic nitrogens is 2. The highest BCUT2D eigenvalue weighted by Gasteiger charge is 2.10. The van der Waals surface area contributed by atoms with E-state index in [1.807, 2.05) is 12.1 Å². The van der Waals surface area contributed by atoms with Crippen LogP contribution < -0.4 is 14.8 Å². The van der Waals surface area contributed by atoms with Gasteiger partial charge in [0.1, 0.15) is 0 Å². The molecule has 0 radical (unpaired) electrons. The Balaban J connectivity index is 2.00. The van der Waals surface area contributed by atoms with Crippen molar-refractivity contribution in [3.05, 3.63) is 48.0 Å². The first kappa shape index (κ1) is 13.3. The number of nitrogens with one attached hydrogen (secondary N) is 1. The van der Waals surface area contributed by atoms with Crippen LogP contribution in [-0.4, -0.2) is 24.2 Å². The molecule has 0 unspecified atom stereocenters. The van der Waals surface area contributed by atoms with Gasteiger partial charge in [-0.15, -0.1) is 0 Å². The first-order chi connectivity index (χ1) is 9.35. The van der Waals surface area contributed by atoms with Crippen molar-refractivity contribution in [1.29, 1.82) is 0 Å². The van der Waals surface area contributed by atoms with Crippen molar-refractivity contribution in [1.82, 2.24) is 15.3 Å². The van der Waals surface area contributed by atoms with Gasteiger partial charge < -0.3 is 14.8 Å². The van der Waals surface area contributed by atoms with Gasteiger partial charge in [-0.2, -0.15) is 0 Å². The third kappa shape index (κ3) is 3.42. The van der Waals surface area contributed by atoms with Gasteiger partial charge in [0.25, 0.3) is 0 Å². The van der Waals surface area contributed by atoms with E-state index in [2.05, 4.69) is 15.3 Å². The topological polar surface area (TPSA) is 56.3 Å². The van der Waals surface area contributed by atoms with Crippen LogP contribution in [0.4, 0.5) is 0 Å². The third-order valence-electron chi connectivity index (χ3n) is 2.74. The molecule has 5 heteroatoms. The van der Waals surface area contributed by atoms with Crippen LogP contribution in [0.1, 0.15) is 11.3 Å². The molecule has 2 aromatic rings. The van der Waals surface area contributed by atoms with Crippen molar-refractivity contribution in [3.8, 4) is 11.5 Å². The summed E-state index contributed by atoms with van der Waals surface area (Å²) in [7, 11) is 3.23. The fourth-order valence-electron chi connectivity index (χ4n) is 1.80. The largest absolute Gasteiger partial charge is 0.493 e. The van der Waals surface area contributed by atoms with Crippen LogP contribution in [0, 0.1) is 0 Å². The van der Waals surface area contributed by atoms with Gasteiger partial charge in [0.2, 0.25) is 0 Å². The molecule has 2 aromatic heterocycles. The maximum atomic E-state index is 5.33. The van der Waals surface area contributed by atoms with Crippen LogP contribution in [-0.2, 0) is 13.1 Å². The van der Waals surface area contributed by atoms with Crippen LogP contribution in [0.25, 0.3) is 0 Å². The summed E-state index contributed by atoms with van der Waals surface area (Å²) in [5.41, 5.74) is 2.01. The van der Waals surface area contributed by atoms with Gasteiger partial charge in [-0.25, -0.2) is 0 Å². The Morgan fingerprint density at radius 3 is 2.47 bits per heavy atom. The monoisotopic (exact) mass is 259 g/mol. The zero-order valence-electron chi connectivity index (χ0n) is 11.1. The molecule has 2 rings (SSSR count). The van der Waals surface area contributed by atoms with E-state index in [9.17, 15) is 0 Å². The van der Waals surface area contributed by atoms with Crippen LogP contribution >= 0.6 is 0 Å². The van der Waals surface area contributed by atoms with Crippen LogP contribution in [0.2, 0.25) is 0 Å². The maximum Gasteiger partial charge on any atom is 0.183 e. The third-order valence-corrected chi connectivity index (χ3v) is 2.74. The van der Waals surface area contributed by atoms with Crippen molar-refractivity contribution >= 4 is 0 Å². The Hall–Kier alpha value is -2.14. The van der Waals surface area contributed by atoms with E-state index in [0.717, 1.165) is 12.2 Å². The Kier molecular flexibility index (Phi) is 4.69. The van der Waals surface area contributed by atoms with Crippen molar-refractivity contribution in [2.75, 3.05) is 14.2 Å². The summed E-state index contributed by atoms with van der Waals surface area (Å²) in [6, 6.07) is 5.73. The first-order valence-electron chi connectivity index (χ1n) is 6.00. The maximum absolute atomic E-state index is 5.33. The molecule has 1 N–H and O–H groups in total. The lowest BCUT2D eigenvalue weighted by molar-refractivity contribution is 0.348. The van der Waals surface area contributed by atoms with Gasteiger partial charge in [0, 0.05) is 37.7 Å². The standard InChI is InChI=1S/C14H17N3O2/c1-18-13-5-8-17-12(14(13)19-2)10-16-9-11-3-6-15-7-4-11/h3-8,16H,9-10H2,1-2H3. The lowest BCUT2D eigenvalue weighted by atomic mass is 10.2. The molecule has 0 aromatic carbocycles. The van der Waals surface area contributed by atoms with Crippen LogP contribution in [0.5, 0.6) is 11.5 Å². The highest BCUT2D eigenvalue weighted by Crippen LogP contribution is 2.28. The number of hydrogen-bond acceptors (Lipinski definition) is 5. The Morgan fingerprint density at radius 2 is 1.79 bits per heavy atom. The smallest absolute Gasteiger partial charge is 0.183 e. The number of rotatable bonds is 6. The van der Waals surface area contributed by atoms with Crippen molar-refractivity contribution in [2.24, 2.45) is 0 Å². The summed E-state index contributed by atoms with van der Waals surface area (Å²) >= 11 is 0. The number of pyridine rings is 2. The zero-order chi connectivity index (χ0) is 13.5. The molecule has 0 saturated carbocycles. The normalized spacial score (nSPS) is 10.2. The molecule has 0 aliphatic heterocycles. The molecule has 0 atom stereocenters. The lowest BCUT2D eigenvalue weighted by Gasteiger charge is -2.12. The lowest BCUT2D eigenvalue weighted by Crippen LogP contribution is -2.14. The Bertz CT molecular complexity index is 517. The van der Waals surface area contributed by atoms with Crippen molar-refractivity contribution in [3.63, 3.8) is 0 Å². The molecule has 0 spiro atoms. The average molecular weight is 259 g/mol. The summed E-state index contributed by atoms with van der Waals surface area (Å²) in [4.78, 5) is 8.29. The molecule has 0 aliphatic rings. The number of ether oxygens (including phenoxy) is 2. The Morgan fingerprint density at radius 1 is 1.00 bits per heavy atom. The molecule has 0 amide bonds. The zero-order valence-corrected chi connectivity index (χ0v) is 11.1. The summed E-state index contributed by atoms with van der Waals surface area (Å²) in [6.07, 6.45) is 5.27. The van der Waals surface area contributed by atoms with Crippen molar-refractivity contribution < 1.29 is 9.47 Å². The number of nitrogens with zero attached hydrogens (tertiary/aromatic N) is 2. The van der Waals surface area contributed by atoms with Crippen LogP contribution in [0.15, 0.2) is 36.8 Å². The van der Waals surface area contributed by atoms with E-state index in [4.69, 9.17) is 9.47 Å². The summed E-state index contributed by atoms with van der Waals surface area (Å²) in [5.74, 6) is 1.37. The van der Waals surface area contributed by atoms with E-state index >= 15 is 0 Å². The molecule has 19 heavy (non-hydrogen) atoms. The summed E-state index contributed by atoms with van der Waals surface area (Å²) in [5, 5.41) is 3.32. The minimum atomic E-state index is 0.614. The number of hydrogen-bond donors (Lipinski definition) is 1. The highest BCUT2D eigenvalue weighted by atomic mass is 16.5. The molecule has 5 nitrogen and oxygen atoms in total. The molecule has 100 valence electrons. The average Bonchev–Trinajstić information content (AvgIpc) is 2.48. The Labute approximate surface area is 112 Å². The van der Waals surface area contributed by atoms with E-state index < -0.39 is 0 Å². The van der Waals surface area contributed by atoms with Gasteiger partial charge in [0.15, 0.2) is 11.5 Å². The van der Waals surface area contributed by atoms with Gasteiger partial charge in [0.05, 0.1) is 19.9 Å². The number of methoxy groups -OCH3 is 2. The van der Waals surface area contributed by atoms with Gasteiger partial charge in [-0.05, 0) is 17.7 Å². The summed E-state index contributed by atoms with van der Waals surface area (Å²) in [6.45, 7) is 1.37. The van der Waals surface area contributed by atoms with E-state index in [0.29, 0.717) is 18.0 Å².